The summed E-state index contributed by atoms with van der Waals surface area (Å²) in [4.78, 5) is 72.0. The predicted octanol–water partition coefficient (Wildman–Crippen LogP) is 9.10. The van der Waals surface area contributed by atoms with Crippen molar-refractivity contribution in [1.82, 2.24) is 30.9 Å². The fourth-order valence-electron chi connectivity index (χ4n) is 6.86. The van der Waals surface area contributed by atoms with Crippen LogP contribution in [0.3, 0.4) is 0 Å². The molecule has 3 fully saturated rings. The van der Waals surface area contributed by atoms with Crippen LogP contribution in [0.15, 0.2) is 84.3 Å². The zero-order valence-electron chi connectivity index (χ0n) is 44.2. The minimum Gasteiger partial charge on any atom is -0.507 e. The molecule has 0 aliphatic carbocycles. The number of ether oxygens (including phenoxy) is 2. The second kappa shape index (κ2) is 29.9. The number of phenols is 3. The van der Waals surface area contributed by atoms with E-state index in [1.54, 1.807) is 25.8 Å². The molecule has 6 N–H and O–H groups in total. The van der Waals surface area contributed by atoms with Crippen molar-refractivity contribution in [1.29, 1.82) is 0 Å². The Hall–Kier alpha value is -6.20. The molecule has 20 nitrogen and oxygen atoms in total. The number of aliphatic imine (C=N–C) groups is 3. The third kappa shape index (κ3) is 19.8. The number of amides is 5. The molecule has 428 valence electrons. The van der Waals surface area contributed by atoms with Crippen molar-refractivity contribution in [3.05, 3.63) is 103 Å². The number of halogens is 4. The van der Waals surface area contributed by atoms with Gasteiger partial charge in [-0.15, -0.1) is 24.2 Å². The molecular weight excluding hydrogens is 1140 g/mol. The molecule has 0 bridgehead atoms. The van der Waals surface area contributed by atoms with Crippen LogP contribution in [0.2, 0.25) is 0 Å². The summed E-state index contributed by atoms with van der Waals surface area (Å²) in [5.74, 6) is -2.96. The van der Waals surface area contributed by atoms with Gasteiger partial charge in [-0.25, -0.2) is 43.6 Å². The maximum absolute atomic E-state index is 13.4. The maximum atomic E-state index is 13.4. The van der Waals surface area contributed by atoms with Crippen LogP contribution in [0, 0.1) is 17.5 Å². The molecule has 0 unspecified atom stereocenters. The molecule has 0 spiro atoms. The molecule has 79 heavy (non-hydrogen) atoms. The quantitative estimate of drug-likeness (QED) is 0.134. The van der Waals surface area contributed by atoms with Crippen molar-refractivity contribution < 1.29 is 67.0 Å². The highest BCUT2D eigenvalue weighted by Crippen LogP contribution is 2.37. The summed E-state index contributed by atoms with van der Waals surface area (Å²) in [5, 5.41) is 43.4. The van der Waals surface area contributed by atoms with E-state index < -0.39 is 40.7 Å². The Balaban J connectivity index is 0.000000232. The second-order valence-corrected chi connectivity index (χ2v) is 22.7. The lowest BCUT2D eigenvalue weighted by Gasteiger charge is -2.30. The highest BCUT2D eigenvalue weighted by molar-refractivity contribution is 8.41. The van der Waals surface area contributed by atoms with Gasteiger partial charge in [-0.2, -0.15) is 15.0 Å². The standard InChI is InChI=1S/C18H20FN3O4S.C13H12FN3O2S.C11H8FNO2S2.C8H16N2O2.CH4O.ClH/c1-18(2,3)26-17(25)22-8-4-7-21(22)16-20-15(24)14(27-16)10-11-9-12(19)5-6-13(11)23;14-9-2-3-10(18)8(6-9)7-11-12(19)16-13(20-11)17-5-1-4-15-17;1-16-11-13-10(15)9(17-11)5-6-4-7(12)2-3-8(6)14;1-8(2,3)12-7(11)10-6-4-5-9-10;1-2;/h5-6,9-10,23H,4,7-8H2,1-3H3;2-3,6-7,15,18H,1,4-5H2;2-5,14H,1H3;9H,4-6H2,1-3H3;2H,1H3;1H/b14-10-;11-7-;9-5-;;;. The van der Waals surface area contributed by atoms with Gasteiger partial charge in [-0.05, 0) is 163 Å². The topological polar surface area (TPSA) is 259 Å². The number of hydrogen-bond donors (Lipinski definition) is 6. The fourth-order valence-corrected chi connectivity index (χ4v) is 10.1. The molecule has 0 aromatic heterocycles. The largest absolute Gasteiger partial charge is 0.507 e. The number of hydrazine groups is 3. The first-order valence-electron chi connectivity index (χ1n) is 23.9. The number of rotatable bonds is 3. The van der Waals surface area contributed by atoms with Crippen molar-refractivity contribution >= 4 is 122 Å². The Morgan fingerprint density at radius 2 is 1.04 bits per heavy atom. The van der Waals surface area contributed by atoms with Crippen molar-refractivity contribution in [3.63, 3.8) is 0 Å². The number of hydrogen-bond acceptors (Lipinski definition) is 19. The Kier molecular flexibility index (Phi) is 24.7. The molecular formula is C51H61ClF3N9O11S4. The third-order valence-electron chi connectivity index (χ3n) is 10.2. The average molecular weight is 1200 g/mol. The van der Waals surface area contributed by atoms with Gasteiger partial charge in [-0.1, -0.05) is 11.8 Å². The van der Waals surface area contributed by atoms with E-state index in [9.17, 15) is 52.5 Å². The first-order chi connectivity index (χ1) is 36.9. The molecule has 0 saturated carbocycles. The van der Waals surface area contributed by atoms with Gasteiger partial charge in [0, 0.05) is 63.1 Å². The number of nitrogens with zero attached hydrogens (tertiary/aromatic N) is 7. The molecule has 9 rings (SSSR count). The van der Waals surface area contributed by atoms with E-state index in [1.807, 2.05) is 32.0 Å². The number of carbonyl (C=O) groups excluding carboxylic acids is 5. The third-order valence-corrected chi connectivity index (χ3v) is 14.2. The normalized spacial score (nSPS) is 18.4. The number of phenolic OH excluding ortho intramolecular Hbond substituents is 3. The van der Waals surface area contributed by atoms with Gasteiger partial charge in [0.05, 0.1) is 14.7 Å². The summed E-state index contributed by atoms with van der Waals surface area (Å²) in [6, 6.07) is 10.7. The zero-order chi connectivity index (χ0) is 57.5. The Morgan fingerprint density at radius 3 is 1.47 bits per heavy atom. The van der Waals surface area contributed by atoms with Crippen LogP contribution < -0.4 is 10.9 Å². The van der Waals surface area contributed by atoms with Crippen LogP contribution in [-0.2, 0) is 23.9 Å². The minimum atomic E-state index is -0.633. The molecule has 0 radical (unpaired) electrons. The SMILES string of the molecule is CC(C)(C)OC(=O)N1CCCN1.CC(C)(C)OC(=O)N1CCCN1C1=NC(=O)/C(=C/c2cc(F)ccc2O)S1.CO.CSC1=NC(=O)/C(=C/c2cc(F)ccc2O)S1.Cl.O=C1N=C(N2CCCN2)S/C1=C\c1cc(F)ccc1O. The number of benzene rings is 3. The molecule has 6 heterocycles. The van der Waals surface area contributed by atoms with Gasteiger partial charge in [0.25, 0.3) is 17.7 Å². The fraction of sp³-hybridized carbons (Fsp3) is 0.373. The zero-order valence-corrected chi connectivity index (χ0v) is 48.3. The number of aromatic hydroxyl groups is 3. The minimum absolute atomic E-state index is 0. The van der Waals surface area contributed by atoms with Crippen LogP contribution in [0.5, 0.6) is 17.2 Å². The number of aliphatic hydroxyl groups excluding tert-OH is 1. The van der Waals surface area contributed by atoms with E-state index in [4.69, 9.17) is 14.6 Å². The van der Waals surface area contributed by atoms with E-state index in [0.29, 0.717) is 37.6 Å². The van der Waals surface area contributed by atoms with Gasteiger partial charge >= 0.3 is 12.2 Å². The van der Waals surface area contributed by atoms with Crippen LogP contribution in [0.25, 0.3) is 18.2 Å². The smallest absolute Gasteiger partial charge is 0.429 e. The van der Waals surface area contributed by atoms with Crippen LogP contribution in [-0.4, -0.2) is 149 Å². The Labute approximate surface area is 478 Å². The summed E-state index contributed by atoms with van der Waals surface area (Å²) in [6.07, 6.45) is 8.04. The van der Waals surface area contributed by atoms with E-state index in [2.05, 4.69) is 25.8 Å². The van der Waals surface area contributed by atoms with Crippen LogP contribution >= 0.6 is 59.5 Å². The van der Waals surface area contributed by atoms with E-state index in [-0.39, 0.29) is 69.2 Å². The summed E-state index contributed by atoms with van der Waals surface area (Å²) in [6.45, 7) is 15.2. The maximum Gasteiger partial charge on any atom is 0.429 e. The van der Waals surface area contributed by atoms with Crippen molar-refractivity contribution in [2.75, 3.05) is 52.6 Å². The lowest BCUT2D eigenvalue weighted by atomic mass is 10.2. The van der Waals surface area contributed by atoms with Gasteiger partial charge in [0.15, 0.2) is 10.3 Å². The number of amidine groups is 2. The second-order valence-electron chi connectivity index (χ2n) is 18.6. The molecule has 3 aromatic rings. The van der Waals surface area contributed by atoms with E-state index in [0.717, 1.165) is 88.6 Å². The molecule has 6 aliphatic heterocycles. The van der Waals surface area contributed by atoms with Gasteiger partial charge in [-0.3, -0.25) is 24.4 Å². The highest BCUT2D eigenvalue weighted by atomic mass is 35.5. The summed E-state index contributed by atoms with van der Waals surface area (Å²) in [7, 11) is 1.00. The average Bonchev–Trinajstić information content (AvgIpc) is 4.25. The van der Waals surface area contributed by atoms with Crippen molar-refractivity contribution in [2.24, 2.45) is 15.0 Å². The van der Waals surface area contributed by atoms with Gasteiger partial charge < -0.3 is 29.9 Å². The molecule has 28 heteroatoms. The lowest BCUT2D eigenvalue weighted by molar-refractivity contribution is -0.114. The summed E-state index contributed by atoms with van der Waals surface area (Å²) < 4.78 is 50.7. The first kappa shape index (κ1) is 65.3. The Bertz CT molecular complexity index is 2920. The first-order valence-corrected chi connectivity index (χ1v) is 27.6. The summed E-state index contributed by atoms with van der Waals surface area (Å²) in [5.41, 5.74) is 5.75. The number of nitrogens with one attached hydrogen (secondary N) is 2. The molecule has 3 saturated heterocycles. The van der Waals surface area contributed by atoms with E-state index >= 15 is 0 Å². The molecule has 6 aliphatic rings. The van der Waals surface area contributed by atoms with E-state index in [1.165, 1.54) is 93.9 Å². The Morgan fingerprint density at radius 1 is 0.608 bits per heavy atom. The number of aliphatic hydroxyl groups is 1. The van der Waals surface area contributed by atoms with Gasteiger partial charge in [0.1, 0.15) is 50.3 Å². The van der Waals surface area contributed by atoms with Gasteiger partial charge in [0.2, 0.25) is 0 Å². The summed E-state index contributed by atoms with van der Waals surface area (Å²) >= 11 is 4.88. The van der Waals surface area contributed by atoms with Crippen LogP contribution in [0.1, 0.15) is 77.5 Å². The van der Waals surface area contributed by atoms with Crippen LogP contribution in [0.4, 0.5) is 22.8 Å². The predicted molar refractivity (Wildman–Crippen MR) is 306 cm³/mol. The van der Waals surface area contributed by atoms with Crippen molar-refractivity contribution in [2.45, 2.75) is 72.0 Å². The molecule has 5 amide bonds. The number of carbonyl (C=O) groups is 5. The number of thioether (sulfide) groups is 4. The molecule has 3 aromatic carbocycles. The highest BCUT2D eigenvalue weighted by Gasteiger charge is 2.37. The lowest BCUT2D eigenvalue weighted by Crippen LogP contribution is -2.45. The van der Waals surface area contributed by atoms with Crippen molar-refractivity contribution in [3.8, 4) is 17.2 Å². The molecule has 0 atom stereocenters. The monoisotopic (exact) mass is 1200 g/mol.